The number of benzene rings is 1. The lowest BCUT2D eigenvalue weighted by molar-refractivity contribution is -0.155. The van der Waals surface area contributed by atoms with Crippen LogP contribution in [0.2, 0.25) is 0 Å². The highest BCUT2D eigenvalue weighted by molar-refractivity contribution is 5.98. The molecule has 41 heavy (non-hydrogen) atoms. The van der Waals surface area contributed by atoms with E-state index in [2.05, 4.69) is 42.0 Å². The second kappa shape index (κ2) is 10.2. The molecular formula is C32H41N5O4. The number of amides is 1. The van der Waals surface area contributed by atoms with Crippen LogP contribution < -0.4 is 9.64 Å². The van der Waals surface area contributed by atoms with Crippen LogP contribution >= 0.6 is 0 Å². The number of anilines is 1. The van der Waals surface area contributed by atoms with E-state index < -0.39 is 5.41 Å². The van der Waals surface area contributed by atoms with Gasteiger partial charge in [0.1, 0.15) is 0 Å². The molecule has 2 aromatic heterocycles. The Morgan fingerprint density at radius 1 is 1.02 bits per heavy atom. The number of rotatable bonds is 8. The van der Waals surface area contributed by atoms with Gasteiger partial charge < -0.3 is 18.9 Å². The van der Waals surface area contributed by atoms with Crippen LogP contribution in [0.4, 0.5) is 5.69 Å². The summed E-state index contributed by atoms with van der Waals surface area (Å²) in [6.45, 7) is 12.4. The zero-order chi connectivity index (χ0) is 28.9. The van der Waals surface area contributed by atoms with Gasteiger partial charge in [0.05, 0.1) is 25.2 Å². The number of carbonyl (C=O) groups excluding carboxylic acids is 1. The highest BCUT2D eigenvalue weighted by atomic mass is 16.5. The molecule has 1 aliphatic heterocycles. The van der Waals surface area contributed by atoms with Crippen molar-refractivity contribution >= 4 is 11.6 Å². The lowest BCUT2D eigenvalue weighted by Crippen LogP contribution is -2.57. The Morgan fingerprint density at radius 2 is 1.71 bits per heavy atom. The summed E-state index contributed by atoms with van der Waals surface area (Å²) in [4.78, 5) is 29.7. The van der Waals surface area contributed by atoms with E-state index in [0.717, 1.165) is 67.1 Å². The summed E-state index contributed by atoms with van der Waals surface area (Å²) >= 11 is 0. The van der Waals surface area contributed by atoms with Crippen molar-refractivity contribution in [3.05, 3.63) is 48.4 Å². The van der Waals surface area contributed by atoms with E-state index in [4.69, 9.17) is 19.0 Å². The third kappa shape index (κ3) is 5.13. The van der Waals surface area contributed by atoms with Crippen molar-refractivity contribution in [2.75, 3.05) is 31.3 Å². The summed E-state index contributed by atoms with van der Waals surface area (Å²) in [6.07, 6.45) is 9.65. The maximum Gasteiger partial charge on any atom is 0.316 e. The van der Waals surface area contributed by atoms with Crippen molar-refractivity contribution in [2.24, 2.45) is 10.8 Å². The van der Waals surface area contributed by atoms with Crippen LogP contribution in [0.3, 0.4) is 0 Å². The second-order valence-corrected chi connectivity index (χ2v) is 13.6. The smallest absolute Gasteiger partial charge is 0.316 e. The zero-order valence-corrected chi connectivity index (χ0v) is 24.9. The van der Waals surface area contributed by atoms with Crippen LogP contribution in [0.25, 0.3) is 11.1 Å². The Kier molecular flexibility index (Phi) is 6.91. The maximum atomic E-state index is 14.1. The minimum absolute atomic E-state index is 0.0472. The van der Waals surface area contributed by atoms with E-state index in [-0.39, 0.29) is 22.2 Å². The molecule has 4 aliphatic rings. The van der Waals surface area contributed by atoms with Crippen LogP contribution in [-0.2, 0) is 20.4 Å². The summed E-state index contributed by atoms with van der Waals surface area (Å²) in [7, 11) is 0. The summed E-state index contributed by atoms with van der Waals surface area (Å²) in [5, 5.41) is 4.32. The third-order valence-corrected chi connectivity index (χ3v) is 9.44. The monoisotopic (exact) mass is 559 g/mol. The van der Waals surface area contributed by atoms with Crippen molar-refractivity contribution in [3.8, 4) is 17.1 Å². The van der Waals surface area contributed by atoms with E-state index in [1.165, 1.54) is 0 Å². The minimum atomic E-state index is -0.505. The van der Waals surface area contributed by atoms with Crippen LogP contribution in [0.5, 0.6) is 6.01 Å². The van der Waals surface area contributed by atoms with Crippen LogP contribution in [0.1, 0.15) is 84.9 Å². The second-order valence-electron chi connectivity index (χ2n) is 13.6. The largest absolute Gasteiger partial charge is 0.464 e. The summed E-state index contributed by atoms with van der Waals surface area (Å²) in [5.74, 6) is 1.70. The average molecular weight is 560 g/mol. The molecule has 218 valence electrons. The molecular weight excluding hydrogens is 518 g/mol. The van der Waals surface area contributed by atoms with Gasteiger partial charge in [0.2, 0.25) is 11.8 Å². The molecule has 4 fully saturated rings. The summed E-state index contributed by atoms with van der Waals surface area (Å²) in [6, 6.07) is 8.52. The molecule has 0 spiro atoms. The Balaban J connectivity index is 1.25. The topological polar surface area (TPSA) is 103 Å². The number of aromatic nitrogens is 4. The van der Waals surface area contributed by atoms with Gasteiger partial charge in [-0.25, -0.2) is 9.97 Å². The molecule has 0 N–H and O–H groups in total. The highest BCUT2D eigenvalue weighted by Gasteiger charge is 2.54. The molecule has 7 rings (SSSR count). The van der Waals surface area contributed by atoms with Gasteiger partial charge >= 0.3 is 6.01 Å². The summed E-state index contributed by atoms with van der Waals surface area (Å²) in [5.41, 5.74) is 2.12. The van der Waals surface area contributed by atoms with Gasteiger partial charge in [0.25, 0.3) is 0 Å². The lowest BCUT2D eigenvalue weighted by atomic mass is 9.53. The molecule has 0 unspecified atom stereocenters. The van der Waals surface area contributed by atoms with Crippen molar-refractivity contribution in [1.82, 2.24) is 20.1 Å². The van der Waals surface area contributed by atoms with Gasteiger partial charge in [-0.2, -0.15) is 4.98 Å². The number of nitrogens with zero attached hydrogens (tertiary/aromatic N) is 5. The van der Waals surface area contributed by atoms with Gasteiger partial charge in [0, 0.05) is 41.0 Å². The van der Waals surface area contributed by atoms with Crippen LogP contribution in [0, 0.1) is 10.8 Å². The number of carbonyl (C=O) groups is 1. The van der Waals surface area contributed by atoms with Crippen LogP contribution in [0.15, 0.2) is 41.2 Å². The van der Waals surface area contributed by atoms with Gasteiger partial charge in [0.15, 0.2) is 5.82 Å². The first kappa shape index (κ1) is 27.8. The zero-order valence-electron chi connectivity index (χ0n) is 24.9. The Bertz CT molecular complexity index is 1380. The number of hydrogen-bond donors (Lipinski definition) is 0. The molecule has 0 atom stereocenters. The van der Waals surface area contributed by atoms with Gasteiger partial charge in [-0.1, -0.05) is 38.1 Å². The summed E-state index contributed by atoms with van der Waals surface area (Å²) < 4.78 is 16.8. The van der Waals surface area contributed by atoms with E-state index in [9.17, 15) is 4.79 Å². The van der Waals surface area contributed by atoms with E-state index in [0.29, 0.717) is 32.4 Å². The van der Waals surface area contributed by atoms with E-state index >= 15 is 0 Å². The normalized spacial score (nSPS) is 25.0. The Labute approximate surface area is 242 Å². The fraction of sp³-hybridized carbons (Fsp3) is 0.594. The molecule has 3 saturated carbocycles. The first-order valence-electron chi connectivity index (χ1n) is 14.8. The average Bonchev–Trinajstić information content (AvgIpc) is 3.48. The first-order valence-corrected chi connectivity index (χ1v) is 14.8. The molecule has 9 heteroatoms. The van der Waals surface area contributed by atoms with Gasteiger partial charge in [-0.3, -0.25) is 4.79 Å². The molecule has 0 radical (unpaired) electrons. The highest BCUT2D eigenvalue weighted by Crippen LogP contribution is 2.58. The lowest BCUT2D eigenvalue weighted by Gasteiger charge is -2.54. The predicted molar refractivity (Wildman–Crippen MR) is 155 cm³/mol. The predicted octanol–water partition coefficient (Wildman–Crippen LogP) is 5.88. The molecule has 9 nitrogen and oxygen atoms in total. The fourth-order valence-electron chi connectivity index (χ4n) is 6.56. The number of ether oxygens (including phenoxy) is 2. The van der Waals surface area contributed by atoms with Crippen molar-refractivity contribution in [2.45, 2.75) is 84.0 Å². The molecule has 3 heterocycles. The van der Waals surface area contributed by atoms with E-state index in [1.54, 1.807) is 12.4 Å². The van der Waals surface area contributed by atoms with E-state index in [1.807, 2.05) is 36.9 Å². The molecule has 3 aromatic rings. The first-order chi connectivity index (χ1) is 19.5. The molecule has 1 saturated heterocycles. The van der Waals surface area contributed by atoms with Crippen LogP contribution in [-0.4, -0.2) is 52.4 Å². The number of hydrogen-bond acceptors (Lipinski definition) is 8. The Morgan fingerprint density at radius 3 is 2.27 bits per heavy atom. The quantitative estimate of drug-likeness (QED) is 0.337. The van der Waals surface area contributed by atoms with Gasteiger partial charge in [-0.15, -0.1) is 0 Å². The molecule has 3 aliphatic carbocycles. The Hall–Kier alpha value is -3.33. The van der Waals surface area contributed by atoms with Crippen molar-refractivity contribution in [3.63, 3.8) is 0 Å². The SMILES string of the molecule is CCOc1ncc(-c2cccc(N(CC34CCC(c5nc(C(C)(C)C)no5)(CC3)CC4)C(=O)C3(C)COC3)c2)cn1. The molecule has 2 bridgehead atoms. The standard InChI is InChI=1S/C32H41N5O4/c1-6-40-28-33-17-23(18-34-28)22-8-7-9-24(16-22)37(27(38)30(5)20-39-21-30)19-31-10-13-32(14-11-31,15-12-31)26-35-25(36-41-26)29(2,3)4/h7-9,16-18H,6,10-15,19-21H2,1-5H3. The van der Waals surface area contributed by atoms with Gasteiger partial charge in [-0.05, 0) is 75.5 Å². The number of fused-ring (bicyclic) bond motifs is 3. The fourth-order valence-corrected chi connectivity index (χ4v) is 6.56. The third-order valence-electron chi connectivity index (χ3n) is 9.44. The van der Waals surface area contributed by atoms with Crippen molar-refractivity contribution in [1.29, 1.82) is 0 Å². The van der Waals surface area contributed by atoms with Crippen molar-refractivity contribution < 1.29 is 18.8 Å². The minimum Gasteiger partial charge on any atom is -0.464 e. The molecule has 1 aromatic carbocycles. The maximum absolute atomic E-state index is 14.1. The molecule has 1 amide bonds.